The summed E-state index contributed by atoms with van der Waals surface area (Å²) >= 11 is 0. The fraction of sp³-hybridized carbons (Fsp3) is 0.250. The van der Waals surface area contributed by atoms with Crippen LogP contribution in [0.15, 0.2) is 52.7 Å². The maximum Gasteiger partial charge on any atom is 0.232 e. The molecule has 0 radical (unpaired) electrons. The Morgan fingerprint density at radius 1 is 1.35 bits per heavy atom. The van der Waals surface area contributed by atoms with Crippen molar-refractivity contribution in [1.29, 1.82) is 0 Å². The Bertz CT molecular complexity index is 626. The van der Waals surface area contributed by atoms with Gasteiger partial charge in [0.15, 0.2) is 11.4 Å². The molecule has 0 amide bonds. The monoisotopic (exact) mass is 266 g/mol. The SMILES string of the molecule is CC1(C)N=CC2=CNN(CC(=O)c3ccccc3)[C+]=C21. The van der Waals surface area contributed by atoms with Gasteiger partial charge in [0.05, 0.1) is 0 Å². The molecule has 1 aromatic carbocycles. The first-order valence-corrected chi connectivity index (χ1v) is 6.58. The van der Waals surface area contributed by atoms with Crippen molar-refractivity contribution in [2.24, 2.45) is 4.99 Å². The molecule has 0 saturated heterocycles. The molecule has 0 aliphatic carbocycles. The molecule has 0 spiro atoms. The Hall–Kier alpha value is -2.45. The lowest BCUT2D eigenvalue weighted by atomic mass is 9.93. The van der Waals surface area contributed by atoms with Gasteiger partial charge in [-0.05, 0) is 13.8 Å². The van der Waals surface area contributed by atoms with Crippen molar-refractivity contribution in [2.75, 3.05) is 6.54 Å². The number of rotatable bonds is 3. The molecule has 20 heavy (non-hydrogen) atoms. The van der Waals surface area contributed by atoms with Gasteiger partial charge in [-0.2, -0.15) is 5.01 Å². The predicted molar refractivity (Wildman–Crippen MR) is 78.0 cm³/mol. The van der Waals surface area contributed by atoms with Gasteiger partial charge in [-0.1, -0.05) is 30.3 Å². The van der Waals surface area contributed by atoms with E-state index in [1.54, 1.807) is 5.01 Å². The first-order chi connectivity index (χ1) is 9.56. The summed E-state index contributed by atoms with van der Waals surface area (Å²) in [4.78, 5) is 16.6. The summed E-state index contributed by atoms with van der Waals surface area (Å²) in [5.74, 6) is 0.0553. The summed E-state index contributed by atoms with van der Waals surface area (Å²) in [6.45, 7) is 4.32. The van der Waals surface area contributed by atoms with E-state index in [9.17, 15) is 4.79 Å². The zero-order valence-corrected chi connectivity index (χ0v) is 11.6. The fourth-order valence-electron chi connectivity index (χ4n) is 2.28. The van der Waals surface area contributed by atoms with Gasteiger partial charge in [-0.25, -0.2) is 0 Å². The number of hydrogen-bond acceptors (Lipinski definition) is 4. The summed E-state index contributed by atoms with van der Waals surface area (Å²) in [5, 5.41) is 1.69. The maximum absolute atomic E-state index is 12.2. The summed E-state index contributed by atoms with van der Waals surface area (Å²) < 4.78 is 0. The molecule has 1 aromatic rings. The molecular weight excluding hydrogens is 250 g/mol. The topological polar surface area (TPSA) is 44.7 Å². The molecule has 0 fully saturated rings. The summed E-state index contributed by atoms with van der Waals surface area (Å²) in [7, 11) is 0. The Kier molecular flexibility index (Phi) is 2.88. The molecule has 4 heteroatoms. The van der Waals surface area contributed by atoms with Crippen LogP contribution in [-0.4, -0.2) is 29.1 Å². The molecule has 0 saturated carbocycles. The van der Waals surface area contributed by atoms with Gasteiger partial charge in [0.1, 0.15) is 24.5 Å². The van der Waals surface area contributed by atoms with Crippen LogP contribution in [0.25, 0.3) is 0 Å². The van der Waals surface area contributed by atoms with Gasteiger partial charge in [0.25, 0.3) is 0 Å². The molecule has 0 atom stereocenters. The quantitative estimate of drug-likeness (QED) is 0.673. The maximum atomic E-state index is 12.2. The van der Waals surface area contributed by atoms with Crippen LogP contribution in [0.4, 0.5) is 0 Å². The highest BCUT2D eigenvalue weighted by atomic mass is 16.1. The highest BCUT2D eigenvalue weighted by Crippen LogP contribution is 2.32. The lowest BCUT2D eigenvalue weighted by Gasteiger charge is -2.18. The van der Waals surface area contributed by atoms with E-state index in [4.69, 9.17) is 0 Å². The van der Waals surface area contributed by atoms with Crippen LogP contribution in [0.1, 0.15) is 24.2 Å². The zero-order chi connectivity index (χ0) is 14.2. The smallest absolute Gasteiger partial charge is 0.232 e. The minimum absolute atomic E-state index is 0.0553. The Morgan fingerprint density at radius 3 is 2.85 bits per heavy atom. The van der Waals surface area contributed by atoms with Crippen LogP contribution in [0, 0.1) is 6.20 Å². The van der Waals surface area contributed by atoms with Crippen LogP contribution in [-0.2, 0) is 0 Å². The second kappa shape index (κ2) is 4.58. The molecule has 0 unspecified atom stereocenters. The number of hydrazine groups is 1. The fourth-order valence-corrected chi connectivity index (χ4v) is 2.28. The first kappa shape index (κ1) is 12.6. The predicted octanol–water partition coefficient (Wildman–Crippen LogP) is 2.12. The van der Waals surface area contributed by atoms with Crippen LogP contribution in [0.5, 0.6) is 0 Å². The average molecular weight is 266 g/mol. The van der Waals surface area contributed by atoms with Crippen LogP contribution >= 0.6 is 0 Å². The highest BCUT2D eigenvalue weighted by Gasteiger charge is 2.42. The second-order valence-electron chi connectivity index (χ2n) is 5.41. The van der Waals surface area contributed by atoms with E-state index in [0.29, 0.717) is 5.56 Å². The van der Waals surface area contributed by atoms with E-state index in [2.05, 4.69) is 16.6 Å². The minimum Gasteiger partial charge on any atom is -0.292 e. The lowest BCUT2D eigenvalue weighted by molar-refractivity contribution is 0.0933. The summed E-state index contributed by atoms with van der Waals surface area (Å²) in [6, 6.07) is 9.28. The molecule has 2 aliphatic heterocycles. The van der Waals surface area contributed by atoms with Crippen molar-refractivity contribution in [3.8, 4) is 0 Å². The van der Waals surface area contributed by atoms with E-state index in [0.717, 1.165) is 11.1 Å². The summed E-state index contributed by atoms with van der Waals surface area (Å²) in [5.41, 5.74) is 5.52. The van der Waals surface area contributed by atoms with Crippen molar-refractivity contribution < 1.29 is 4.79 Å². The largest absolute Gasteiger partial charge is 0.292 e. The van der Waals surface area contributed by atoms with Crippen molar-refractivity contribution in [2.45, 2.75) is 19.4 Å². The third-order valence-corrected chi connectivity index (χ3v) is 3.45. The highest BCUT2D eigenvalue weighted by molar-refractivity contribution is 5.97. The van der Waals surface area contributed by atoms with Crippen LogP contribution in [0.3, 0.4) is 0 Å². The number of fused-ring (bicyclic) bond motifs is 1. The van der Waals surface area contributed by atoms with E-state index >= 15 is 0 Å². The standard InChI is InChI=1S/C16H16N3O/c1-16(2)14-10-19(18-9-13(14)8-17-16)11-15(20)12-6-4-3-5-7-12/h3-9,18H,11H2,1-2H3/q+1. The van der Waals surface area contributed by atoms with Crippen LogP contribution in [0.2, 0.25) is 0 Å². The average Bonchev–Trinajstić information content (AvgIpc) is 2.75. The second-order valence-corrected chi connectivity index (χ2v) is 5.41. The molecule has 100 valence electrons. The number of ketones is 1. The number of carbonyl (C=O) groups is 1. The zero-order valence-electron chi connectivity index (χ0n) is 11.6. The Labute approximate surface area is 118 Å². The van der Waals surface area contributed by atoms with Crippen molar-refractivity contribution in [3.63, 3.8) is 0 Å². The van der Waals surface area contributed by atoms with Crippen molar-refractivity contribution in [3.05, 3.63) is 59.4 Å². The molecule has 4 nitrogen and oxygen atoms in total. The number of Topliss-reactive ketones (excluding diaryl/α,β-unsaturated/α-hetero) is 1. The summed E-state index contributed by atoms with van der Waals surface area (Å²) in [6.07, 6.45) is 6.93. The number of benzene rings is 1. The molecule has 1 N–H and O–H groups in total. The molecule has 3 rings (SSSR count). The van der Waals surface area contributed by atoms with Crippen molar-refractivity contribution in [1.82, 2.24) is 10.4 Å². The van der Waals surface area contributed by atoms with Gasteiger partial charge < -0.3 is 0 Å². The van der Waals surface area contributed by atoms with Gasteiger partial charge in [-0.15, -0.1) is 0 Å². The Morgan fingerprint density at radius 2 is 2.10 bits per heavy atom. The van der Waals surface area contributed by atoms with Gasteiger partial charge >= 0.3 is 0 Å². The number of nitrogens with zero attached hydrogens (tertiary/aromatic N) is 2. The number of nitrogens with one attached hydrogen (secondary N) is 1. The molecular formula is C16H16N3O+. The number of hydrogen-bond donors (Lipinski definition) is 1. The third-order valence-electron chi connectivity index (χ3n) is 3.45. The number of carbonyl (C=O) groups excluding carboxylic acids is 1. The minimum atomic E-state index is -0.276. The lowest BCUT2D eigenvalue weighted by Crippen LogP contribution is -2.39. The van der Waals surface area contributed by atoms with Gasteiger partial charge in [0.2, 0.25) is 11.8 Å². The molecule has 2 aliphatic rings. The normalized spacial score (nSPS) is 18.6. The first-order valence-electron chi connectivity index (χ1n) is 6.58. The van der Waals surface area contributed by atoms with E-state index in [-0.39, 0.29) is 17.9 Å². The van der Waals surface area contributed by atoms with E-state index < -0.39 is 0 Å². The van der Waals surface area contributed by atoms with E-state index in [1.165, 1.54) is 0 Å². The molecule has 2 heterocycles. The molecule has 0 aromatic heterocycles. The van der Waals surface area contributed by atoms with Crippen LogP contribution < -0.4 is 5.43 Å². The molecule has 0 bridgehead atoms. The third kappa shape index (κ3) is 2.22. The van der Waals surface area contributed by atoms with E-state index in [1.807, 2.05) is 56.6 Å². The Balaban J connectivity index is 1.75. The van der Waals surface area contributed by atoms with Gasteiger partial charge in [-0.3, -0.25) is 15.2 Å². The van der Waals surface area contributed by atoms with Gasteiger partial charge in [0, 0.05) is 5.56 Å². The van der Waals surface area contributed by atoms with Crippen molar-refractivity contribution >= 4 is 12.0 Å². The number of aliphatic imine (C=N–C) groups is 1.